The summed E-state index contributed by atoms with van der Waals surface area (Å²) in [4.78, 5) is 19.2. The van der Waals surface area contributed by atoms with Crippen LogP contribution in [0.5, 0.6) is 0 Å². The molecule has 4 nitrogen and oxygen atoms in total. The number of nitrogens with zero attached hydrogens (tertiary/aromatic N) is 4. The molecule has 0 aliphatic carbocycles. The number of hydrogen-bond donors (Lipinski definition) is 0. The van der Waals surface area contributed by atoms with E-state index in [9.17, 15) is 0 Å². The highest BCUT2D eigenvalue weighted by Gasteiger charge is 2.13. The van der Waals surface area contributed by atoms with E-state index >= 15 is 0 Å². The monoisotopic (exact) mass is 714 g/mol. The summed E-state index contributed by atoms with van der Waals surface area (Å²) in [5, 5.41) is 4.82. The molecular weight excluding hydrogens is 681 g/mol. The number of fused-ring (bicyclic) bond motifs is 3. The molecule has 0 saturated heterocycles. The Bertz CT molecular complexity index is 2980. The Morgan fingerprint density at radius 3 is 1.21 bits per heavy atom. The van der Waals surface area contributed by atoms with Crippen molar-refractivity contribution in [2.75, 3.05) is 0 Å². The molecule has 10 aromatic rings. The molecule has 2 heterocycles. The first-order valence-electron chi connectivity index (χ1n) is 18.8. The van der Waals surface area contributed by atoms with E-state index in [4.69, 9.17) is 15.0 Å². The summed E-state index contributed by atoms with van der Waals surface area (Å²) >= 11 is 0. The van der Waals surface area contributed by atoms with Gasteiger partial charge in [0.25, 0.3) is 0 Å². The molecule has 0 unspecified atom stereocenters. The fourth-order valence-electron chi connectivity index (χ4n) is 7.42. The maximum atomic E-state index is 4.98. The summed E-state index contributed by atoms with van der Waals surface area (Å²) < 4.78 is 0. The molecule has 262 valence electrons. The van der Waals surface area contributed by atoms with Crippen molar-refractivity contribution < 1.29 is 0 Å². The zero-order valence-electron chi connectivity index (χ0n) is 30.4. The van der Waals surface area contributed by atoms with E-state index < -0.39 is 0 Å². The Kier molecular flexibility index (Phi) is 8.47. The van der Waals surface area contributed by atoms with Gasteiger partial charge in [0.2, 0.25) is 0 Å². The van der Waals surface area contributed by atoms with E-state index in [1.165, 1.54) is 49.4 Å². The van der Waals surface area contributed by atoms with Gasteiger partial charge >= 0.3 is 0 Å². The van der Waals surface area contributed by atoms with Crippen molar-refractivity contribution in [3.05, 3.63) is 207 Å². The summed E-state index contributed by atoms with van der Waals surface area (Å²) in [5.74, 6) is 1.93. The Balaban J connectivity index is 0.917. The largest absolute Gasteiger partial charge is 0.264 e. The van der Waals surface area contributed by atoms with Crippen LogP contribution in [0.4, 0.5) is 0 Å². The number of pyridine rings is 1. The van der Waals surface area contributed by atoms with Gasteiger partial charge in [0, 0.05) is 34.5 Å². The van der Waals surface area contributed by atoms with Gasteiger partial charge in [0.1, 0.15) is 0 Å². The lowest BCUT2D eigenvalue weighted by Gasteiger charge is -2.10. The van der Waals surface area contributed by atoms with Gasteiger partial charge in [-0.15, -0.1) is 0 Å². The van der Waals surface area contributed by atoms with Crippen molar-refractivity contribution >= 4 is 21.5 Å². The van der Waals surface area contributed by atoms with Gasteiger partial charge in [-0.3, -0.25) is 4.98 Å². The molecule has 0 radical (unpaired) electrons. The Morgan fingerprint density at radius 1 is 0.250 bits per heavy atom. The standard InChI is InChI=1S/C52H34N4/c1-3-8-35(9-4-1)36-18-23-42(24-19-36)51-54-50(41-10-5-2-6-11-41)55-52(56-51)43-25-20-38(21-26-43)37-14-16-39(17-15-37)44-12-7-13-45(32-44)46-28-29-48-47(33-46)27-22-40-30-31-53-34-49(40)48/h1-34H. The van der Waals surface area contributed by atoms with Crippen LogP contribution in [0.15, 0.2) is 207 Å². The molecule has 0 amide bonds. The van der Waals surface area contributed by atoms with Crippen LogP contribution in [0.2, 0.25) is 0 Å². The number of hydrogen-bond acceptors (Lipinski definition) is 4. The highest BCUT2D eigenvalue weighted by molar-refractivity contribution is 6.08. The molecule has 2 aromatic heterocycles. The molecule has 0 N–H and O–H groups in total. The molecule has 0 saturated carbocycles. The van der Waals surface area contributed by atoms with Gasteiger partial charge in [0.05, 0.1) is 0 Å². The topological polar surface area (TPSA) is 51.6 Å². The Hall–Kier alpha value is -7.56. The zero-order valence-corrected chi connectivity index (χ0v) is 30.4. The normalized spacial score (nSPS) is 11.2. The van der Waals surface area contributed by atoms with Crippen molar-refractivity contribution in [3.8, 4) is 78.7 Å². The minimum Gasteiger partial charge on any atom is -0.264 e. The predicted octanol–water partition coefficient (Wildman–Crippen LogP) is 13.2. The van der Waals surface area contributed by atoms with E-state index in [2.05, 4.69) is 163 Å². The Labute approximate surface area is 325 Å². The third kappa shape index (κ3) is 6.50. The second-order valence-corrected chi connectivity index (χ2v) is 13.9. The van der Waals surface area contributed by atoms with E-state index in [-0.39, 0.29) is 0 Å². The summed E-state index contributed by atoms with van der Waals surface area (Å²) in [6.45, 7) is 0. The molecule has 4 heteroatoms. The van der Waals surface area contributed by atoms with Crippen LogP contribution in [0.1, 0.15) is 0 Å². The van der Waals surface area contributed by atoms with Crippen molar-refractivity contribution in [1.29, 1.82) is 0 Å². The first-order chi connectivity index (χ1) is 27.7. The maximum Gasteiger partial charge on any atom is 0.164 e. The highest BCUT2D eigenvalue weighted by Crippen LogP contribution is 2.33. The van der Waals surface area contributed by atoms with Gasteiger partial charge in [0.15, 0.2) is 17.5 Å². The average Bonchev–Trinajstić information content (AvgIpc) is 3.29. The SMILES string of the molecule is c1ccc(-c2ccc(-c3nc(-c4ccccc4)nc(-c4ccc(-c5ccc(-c6cccc(-c7ccc8c(ccc9ccncc98)c7)c6)cc5)cc4)n3)cc2)cc1. The molecule has 0 aliphatic heterocycles. The van der Waals surface area contributed by atoms with E-state index in [0.29, 0.717) is 17.5 Å². The maximum absolute atomic E-state index is 4.98. The van der Waals surface area contributed by atoms with Crippen LogP contribution < -0.4 is 0 Å². The summed E-state index contributed by atoms with van der Waals surface area (Å²) in [7, 11) is 0. The van der Waals surface area contributed by atoms with Crippen LogP contribution in [0, 0.1) is 0 Å². The lowest BCUT2D eigenvalue weighted by Crippen LogP contribution is -2.00. The molecule has 0 spiro atoms. The van der Waals surface area contributed by atoms with Crippen LogP contribution in [-0.4, -0.2) is 19.9 Å². The van der Waals surface area contributed by atoms with Crippen LogP contribution >= 0.6 is 0 Å². The van der Waals surface area contributed by atoms with Crippen LogP contribution in [0.25, 0.3) is 100 Å². The average molecular weight is 715 g/mol. The van der Waals surface area contributed by atoms with Gasteiger partial charge in [-0.2, -0.15) is 0 Å². The third-order valence-corrected chi connectivity index (χ3v) is 10.4. The molecular formula is C52H34N4. The highest BCUT2D eigenvalue weighted by atomic mass is 15.0. The van der Waals surface area contributed by atoms with Crippen molar-refractivity contribution in [1.82, 2.24) is 19.9 Å². The summed E-state index contributed by atoms with van der Waals surface area (Å²) in [6.07, 6.45) is 3.80. The summed E-state index contributed by atoms with van der Waals surface area (Å²) in [6, 6.07) is 68.1. The number of aromatic nitrogens is 4. The molecule has 0 atom stereocenters. The lowest BCUT2D eigenvalue weighted by molar-refractivity contribution is 1.07. The molecule has 0 fully saturated rings. The first-order valence-corrected chi connectivity index (χ1v) is 18.8. The fraction of sp³-hybridized carbons (Fsp3) is 0. The third-order valence-electron chi connectivity index (χ3n) is 10.4. The molecule has 56 heavy (non-hydrogen) atoms. The molecule has 8 aromatic carbocycles. The van der Waals surface area contributed by atoms with Gasteiger partial charge in [-0.25, -0.2) is 15.0 Å². The van der Waals surface area contributed by atoms with Crippen molar-refractivity contribution in [3.63, 3.8) is 0 Å². The van der Waals surface area contributed by atoms with Crippen molar-refractivity contribution in [2.24, 2.45) is 0 Å². The van der Waals surface area contributed by atoms with Gasteiger partial charge in [-0.05, 0) is 78.9 Å². The van der Waals surface area contributed by atoms with Crippen molar-refractivity contribution in [2.45, 2.75) is 0 Å². The van der Waals surface area contributed by atoms with Crippen LogP contribution in [0.3, 0.4) is 0 Å². The number of benzene rings is 8. The smallest absolute Gasteiger partial charge is 0.164 e. The Morgan fingerprint density at radius 2 is 0.643 bits per heavy atom. The second-order valence-electron chi connectivity index (χ2n) is 13.9. The minimum atomic E-state index is 0.638. The van der Waals surface area contributed by atoms with E-state index in [0.717, 1.165) is 33.4 Å². The molecule has 10 rings (SSSR count). The van der Waals surface area contributed by atoms with E-state index in [1.54, 1.807) is 0 Å². The van der Waals surface area contributed by atoms with E-state index in [1.807, 2.05) is 48.8 Å². The fourth-order valence-corrected chi connectivity index (χ4v) is 7.42. The quantitative estimate of drug-likeness (QED) is 0.154. The second kappa shape index (κ2) is 14.3. The zero-order chi connectivity index (χ0) is 37.3. The van der Waals surface area contributed by atoms with Gasteiger partial charge < -0.3 is 0 Å². The predicted molar refractivity (Wildman–Crippen MR) is 231 cm³/mol. The first kappa shape index (κ1) is 33.0. The van der Waals surface area contributed by atoms with Crippen LogP contribution in [-0.2, 0) is 0 Å². The number of rotatable bonds is 7. The van der Waals surface area contributed by atoms with Gasteiger partial charge in [-0.1, -0.05) is 176 Å². The lowest BCUT2D eigenvalue weighted by atomic mass is 9.95. The summed E-state index contributed by atoms with van der Waals surface area (Å²) in [5.41, 5.74) is 12.2. The molecule has 0 aliphatic rings. The molecule has 0 bridgehead atoms. The minimum absolute atomic E-state index is 0.638.